The van der Waals surface area contributed by atoms with Crippen molar-refractivity contribution >= 4 is 11.9 Å². The van der Waals surface area contributed by atoms with Gasteiger partial charge in [-0.05, 0) is 25.5 Å². The van der Waals surface area contributed by atoms with Gasteiger partial charge in [-0.2, -0.15) is 0 Å². The normalized spacial score (nSPS) is 11.3. The number of carbonyl (C=O) groups excluding carboxylic acids is 1. The Morgan fingerprint density at radius 2 is 2.28 bits per heavy atom. The Bertz CT molecular complexity index is 372. The van der Waals surface area contributed by atoms with Crippen LogP contribution < -0.4 is 5.32 Å². The molecule has 18 heavy (non-hydrogen) atoms. The van der Waals surface area contributed by atoms with E-state index in [0.717, 1.165) is 19.3 Å². The molecule has 0 atom stereocenters. The van der Waals surface area contributed by atoms with E-state index >= 15 is 0 Å². The maximum Gasteiger partial charge on any atom is 0.294 e. The Hall–Kier alpha value is -1.78. The first-order chi connectivity index (χ1) is 8.77. The minimum absolute atomic E-state index is 0.246. The van der Waals surface area contributed by atoms with E-state index in [9.17, 15) is 4.79 Å². The van der Waals surface area contributed by atoms with E-state index in [1.54, 1.807) is 12.1 Å². The highest BCUT2D eigenvalue weighted by Gasteiger charge is 2.11. The van der Waals surface area contributed by atoms with Crippen LogP contribution in [0.3, 0.4) is 0 Å². The number of furan rings is 1. The SMILES string of the molecule is CCCCCN=C(NC(=O)c1ccco1)OCC. The van der Waals surface area contributed by atoms with Crippen LogP contribution in [-0.2, 0) is 4.74 Å². The van der Waals surface area contributed by atoms with E-state index in [2.05, 4.69) is 17.2 Å². The van der Waals surface area contributed by atoms with Gasteiger partial charge in [0.25, 0.3) is 11.9 Å². The molecule has 0 spiro atoms. The van der Waals surface area contributed by atoms with Gasteiger partial charge in [-0.15, -0.1) is 0 Å². The highest BCUT2D eigenvalue weighted by Crippen LogP contribution is 2.00. The standard InChI is InChI=1S/C13H20N2O3/c1-3-5-6-9-14-13(17-4-2)15-12(16)11-8-7-10-18-11/h7-8,10H,3-6,9H2,1-2H3,(H,14,15,16). The predicted octanol–water partition coefficient (Wildman–Crippen LogP) is 2.59. The molecule has 1 rings (SSSR count). The summed E-state index contributed by atoms with van der Waals surface area (Å²) in [6.07, 6.45) is 4.70. The molecule has 0 aliphatic heterocycles. The first-order valence-corrected chi connectivity index (χ1v) is 6.30. The number of amidine groups is 1. The van der Waals surface area contributed by atoms with Crippen LogP contribution in [-0.4, -0.2) is 25.1 Å². The van der Waals surface area contributed by atoms with Crippen molar-refractivity contribution in [3.63, 3.8) is 0 Å². The molecule has 0 aliphatic rings. The maximum absolute atomic E-state index is 11.7. The highest BCUT2D eigenvalue weighted by molar-refractivity contribution is 6.02. The van der Waals surface area contributed by atoms with Crippen molar-refractivity contribution < 1.29 is 13.9 Å². The van der Waals surface area contributed by atoms with Gasteiger partial charge in [-0.1, -0.05) is 19.8 Å². The number of unbranched alkanes of at least 4 members (excludes halogenated alkanes) is 2. The number of rotatable bonds is 6. The number of nitrogens with zero attached hydrogens (tertiary/aromatic N) is 1. The number of aliphatic imine (C=N–C) groups is 1. The van der Waals surface area contributed by atoms with E-state index in [0.29, 0.717) is 13.2 Å². The third kappa shape index (κ3) is 5.03. The smallest absolute Gasteiger partial charge is 0.294 e. The molecular formula is C13H20N2O3. The first-order valence-electron chi connectivity index (χ1n) is 6.30. The second-order valence-electron chi connectivity index (χ2n) is 3.76. The van der Waals surface area contributed by atoms with Crippen molar-refractivity contribution in [3.05, 3.63) is 24.2 Å². The fraction of sp³-hybridized carbons (Fsp3) is 0.538. The van der Waals surface area contributed by atoms with Gasteiger partial charge in [0.05, 0.1) is 12.9 Å². The van der Waals surface area contributed by atoms with Gasteiger partial charge in [0.2, 0.25) is 0 Å². The van der Waals surface area contributed by atoms with Crippen LogP contribution in [0, 0.1) is 0 Å². The fourth-order valence-electron chi connectivity index (χ4n) is 1.37. The molecule has 0 saturated heterocycles. The number of hydrogen-bond donors (Lipinski definition) is 1. The van der Waals surface area contributed by atoms with Gasteiger partial charge in [-0.3, -0.25) is 10.1 Å². The zero-order chi connectivity index (χ0) is 13.2. The minimum atomic E-state index is -0.345. The van der Waals surface area contributed by atoms with Gasteiger partial charge in [0.15, 0.2) is 5.76 Å². The summed E-state index contributed by atoms with van der Waals surface area (Å²) in [5, 5.41) is 2.59. The van der Waals surface area contributed by atoms with Crippen LogP contribution in [0.5, 0.6) is 0 Å². The van der Waals surface area contributed by atoms with Gasteiger partial charge >= 0.3 is 0 Å². The van der Waals surface area contributed by atoms with Crippen LogP contribution in [0.4, 0.5) is 0 Å². The molecule has 5 heteroatoms. The number of ether oxygens (including phenoxy) is 1. The molecule has 0 unspecified atom stereocenters. The average molecular weight is 252 g/mol. The zero-order valence-electron chi connectivity index (χ0n) is 10.9. The Balaban J connectivity index is 2.48. The second kappa shape index (κ2) is 8.33. The van der Waals surface area contributed by atoms with Crippen molar-refractivity contribution in [1.29, 1.82) is 0 Å². The molecule has 0 saturated carbocycles. The molecular weight excluding hydrogens is 232 g/mol. The first kappa shape index (κ1) is 14.3. The quantitative estimate of drug-likeness (QED) is 0.481. The molecule has 0 aromatic carbocycles. The number of hydrogen-bond acceptors (Lipinski definition) is 4. The lowest BCUT2D eigenvalue weighted by molar-refractivity contribution is 0.0939. The van der Waals surface area contributed by atoms with E-state index in [1.165, 1.54) is 6.26 Å². The maximum atomic E-state index is 11.7. The van der Waals surface area contributed by atoms with Crippen molar-refractivity contribution in [2.24, 2.45) is 4.99 Å². The van der Waals surface area contributed by atoms with Gasteiger partial charge in [0.1, 0.15) is 0 Å². The summed E-state index contributed by atoms with van der Waals surface area (Å²) < 4.78 is 10.3. The lowest BCUT2D eigenvalue weighted by Gasteiger charge is -2.07. The number of amides is 1. The minimum Gasteiger partial charge on any atom is -0.465 e. The average Bonchev–Trinajstić information content (AvgIpc) is 2.88. The highest BCUT2D eigenvalue weighted by atomic mass is 16.5. The molecule has 0 aliphatic carbocycles. The van der Waals surface area contributed by atoms with E-state index in [-0.39, 0.29) is 17.7 Å². The Kier molecular flexibility index (Phi) is 6.61. The molecule has 0 radical (unpaired) electrons. The second-order valence-corrected chi connectivity index (χ2v) is 3.76. The van der Waals surface area contributed by atoms with Gasteiger partial charge < -0.3 is 9.15 Å². The van der Waals surface area contributed by atoms with Crippen LogP contribution in [0.25, 0.3) is 0 Å². The van der Waals surface area contributed by atoms with Gasteiger partial charge in [-0.25, -0.2) is 4.99 Å². The molecule has 1 amide bonds. The van der Waals surface area contributed by atoms with Crippen molar-refractivity contribution in [2.45, 2.75) is 33.1 Å². The summed E-state index contributed by atoms with van der Waals surface area (Å²) in [7, 11) is 0. The largest absolute Gasteiger partial charge is 0.465 e. The lowest BCUT2D eigenvalue weighted by Crippen LogP contribution is -2.32. The summed E-state index contributed by atoms with van der Waals surface area (Å²) in [4.78, 5) is 15.9. The monoisotopic (exact) mass is 252 g/mol. The zero-order valence-corrected chi connectivity index (χ0v) is 10.9. The molecule has 0 fully saturated rings. The molecule has 100 valence electrons. The molecule has 1 heterocycles. The fourth-order valence-corrected chi connectivity index (χ4v) is 1.37. The summed E-state index contributed by atoms with van der Waals surface area (Å²) in [5.74, 6) is -0.0985. The molecule has 5 nitrogen and oxygen atoms in total. The van der Waals surface area contributed by atoms with Crippen molar-refractivity contribution in [2.75, 3.05) is 13.2 Å². The lowest BCUT2D eigenvalue weighted by atomic mass is 10.2. The molecule has 1 aromatic rings. The van der Waals surface area contributed by atoms with Crippen LogP contribution in [0.1, 0.15) is 43.7 Å². The molecule has 0 bridgehead atoms. The molecule has 1 N–H and O–H groups in total. The predicted molar refractivity (Wildman–Crippen MR) is 69.6 cm³/mol. The Morgan fingerprint density at radius 1 is 1.44 bits per heavy atom. The van der Waals surface area contributed by atoms with Crippen LogP contribution >= 0.6 is 0 Å². The van der Waals surface area contributed by atoms with E-state index < -0.39 is 0 Å². The summed E-state index contributed by atoms with van der Waals surface area (Å²) >= 11 is 0. The van der Waals surface area contributed by atoms with E-state index in [1.807, 2.05) is 6.92 Å². The van der Waals surface area contributed by atoms with E-state index in [4.69, 9.17) is 9.15 Å². The number of nitrogens with one attached hydrogen (secondary N) is 1. The third-order valence-corrected chi connectivity index (χ3v) is 2.26. The van der Waals surface area contributed by atoms with Crippen LogP contribution in [0.2, 0.25) is 0 Å². The summed E-state index contributed by atoms with van der Waals surface area (Å²) in [5.41, 5.74) is 0. The summed E-state index contributed by atoms with van der Waals surface area (Å²) in [6, 6.07) is 3.51. The third-order valence-electron chi connectivity index (χ3n) is 2.26. The topological polar surface area (TPSA) is 63.8 Å². The van der Waals surface area contributed by atoms with Crippen LogP contribution in [0.15, 0.2) is 27.8 Å². The Labute approximate surface area is 107 Å². The van der Waals surface area contributed by atoms with Crippen molar-refractivity contribution in [1.82, 2.24) is 5.32 Å². The van der Waals surface area contributed by atoms with Crippen molar-refractivity contribution in [3.8, 4) is 0 Å². The summed E-state index contributed by atoms with van der Waals surface area (Å²) in [6.45, 7) is 5.10. The Morgan fingerprint density at radius 3 is 2.89 bits per heavy atom. The van der Waals surface area contributed by atoms with Gasteiger partial charge in [0, 0.05) is 6.54 Å². The molecule has 1 aromatic heterocycles. The number of carbonyl (C=O) groups is 1.